The van der Waals surface area contributed by atoms with Gasteiger partial charge in [0.2, 0.25) is 0 Å². The number of methoxy groups -OCH3 is 2. The van der Waals surface area contributed by atoms with Crippen molar-refractivity contribution in [2.75, 3.05) is 14.2 Å². The Morgan fingerprint density at radius 3 is 1.50 bits per heavy atom. The van der Waals surface area contributed by atoms with E-state index in [2.05, 4.69) is 36.4 Å². The van der Waals surface area contributed by atoms with Gasteiger partial charge in [-0.2, -0.15) is 0 Å². The van der Waals surface area contributed by atoms with Gasteiger partial charge >= 0.3 is 0 Å². The molecule has 0 heterocycles. The second kappa shape index (κ2) is 9.14. The van der Waals surface area contributed by atoms with Gasteiger partial charge in [-0.1, -0.05) is 37.1 Å². The maximum atomic E-state index is 5.26. The molecule has 2 heteroatoms. The second-order valence-corrected chi connectivity index (χ2v) is 5.62. The number of unbranched alkanes of at least 4 members (excludes halogenated alkanes) is 3. The first kappa shape index (κ1) is 16.4. The first-order chi connectivity index (χ1) is 10.8. The van der Waals surface area contributed by atoms with E-state index in [1.807, 2.05) is 12.1 Å². The molecule has 0 radical (unpaired) electrons. The van der Waals surface area contributed by atoms with Gasteiger partial charge in [0, 0.05) is 0 Å². The fraction of sp³-hybridized carbons (Fsp3) is 0.400. The summed E-state index contributed by atoms with van der Waals surface area (Å²) in [4.78, 5) is 0. The third-order valence-corrected chi connectivity index (χ3v) is 3.95. The summed E-state index contributed by atoms with van der Waals surface area (Å²) in [6.45, 7) is 0. The molecule has 0 aliphatic heterocycles. The van der Waals surface area contributed by atoms with Crippen LogP contribution >= 0.6 is 0 Å². The van der Waals surface area contributed by atoms with Gasteiger partial charge in [0.05, 0.1) is 14.2 Å². The lowest BCUT2D eigenvalue weighted by molar-refractivity contribution is 0.414. The molecule has 0 amide bonds. The summed E-state index contributed by atoms with van der Waals surface area (Å²) in [6, 6.07) is 16.8. The molecule has 0 saturated heterocycles. The molecule has 0 N–H and O–H groups in total. The lowest BCUT2D eigenvalue weighted by Crippen LogP contribution is -1.90. The molecule has 0 aromatic heterocycles. The van der Waals surface area contributed by atoms with Crippen LogP contribution in [-0.4, -0.2) is 14.2 Å². The van der Waals surface area contributed by atoms with Crippen molar-refractivity contribution >= 4 is 0 Å². The van der Waals surface area contributed by atoms with Crippen LogP contribution in [0.1, 0.15) is 36.8 Å². The summed E-state index contributed by atoms with van der Waals surface area (Å²) < 4.78 is 10.5. The Kier molecular flexibility index (Phi) is 6.82. The second-order valence-electron chi connectivity index (χ2n) is 5.62. The van der Waals surface area contributed by atoms with Crippen molar-refractivity contribution in [2.24, 2.45) is 0 Å². The van der Waals surface area contributed by atoms with E-state index in [0.717, 1.165) is 24.3 Å². The monoisotopic (exact) mass is 298 g/mol. The molecular formula is C20H26O2. The highest BCUT2D eigenvalue weighted by Gasteiger charge is 1.98. The van der Waals surface area contributed by atoms with Crippen LogP contribution in [0.2, 0.25) is 0 Å². The van der Waals surface area contributed by atoms with Gasteiger partial charge in [-0.05, 0) is 61.1 Å². The average molecular weight is 298 g/mol. The minimum atomic E-state index is 0.954. The SMILES string of the molecule is COc1cccc(CCCCCCc2cccc(OC)c2)c1. The van der Waals surface area contributed by atoms with E-state index in [1.54, 1.807) is 14.2 Å². The first-order valence-corrected chi connectivity index (χ1v) is 8.07. The molecule has 22 heavy (non-hydrogen) atoms. The smallest absolute Gasteiger partial charge is 0.119 e. The molecule has 2 aromatic carbocycles. The Labute approximate surface area is 134 Å². The third kappa shape index (κ3) is 5.44. The van der Waals surface area contributed by atoms with Crippen molar-refractivity contribution in [3.63, 3.8) is 0 Å². The van der Waals surface area contributed by atoms with Crippen LogP contribution in [0.5, 0.6) is 11.5 Å². The van der Waals surface area contributed by atoms with Gasteiger partial charge in [-0.25, -0.2) is 0 Å². The van der Waals surface area contributed by atoms with Gasteiger partial charge in [-0.3, -0.25) is 0 Å². The van der Waals surface area contributed by atoms with E-state index >= 15 is 0 Å². The standard InChI is InChI=1S/C20H26O2/c1-21-19-13-7-11-17(15-19)9-5-3-4-6-10-18-12-8-14-20(16-18)22-2/h7-8,11-16H,3-6,9-10H2,1-2H3. The molecule has 2 rings (SSSR count). The summed E-state index contributed by atoms with van der Waals surface area (Å²) in [5.41, 5.74) is 2.74. The number of rotatable bonds is 9. The van der Waals surface area contributed by atoms with Crippen molar-refractivity contribution in [3.8, 4) is 11.5 Å². The first-order valence-electron chi connectivity index (χ1n) is 8.07. The molecule has 0 spiro atoms. The van der Waals surface area contributed by atoms with Crippen LogP contribution in [0, 0.1) is 0 Å². The molecule has 0 bridgehead atoms. The molecule has 2 aromatic rings. The van der Waals surface area contributed by atoms with Crippen molar-refractivity contribution in [3.05, 3.63) is 59.7 Å². The minimum Gasteiger partial charge on any atom is -0.497 e. The van der Waals surface area contributed by atoms with E-state index in [-0.39, 0.29) is 0 Å². The lowest BCUT2D eigenvalue weighted by atomic mass is 10.0. The van der Waals surface area contributed by atoms with Crippen molar-refractivity contribution in [1.82, 2.24) is 0 Å². The molecule has 0 unspecified atom stereocenters. The zero-order chi connectivity index (χ0) is 15.6. The maximum absolute atomic E-state index is 5.26. The molecule has 0 aliphatic rings. The summed E-state index contributed by atoms with van der Waals surface area (Å²) in [7, 11) is 3.44. The number of hydrogen-bond donors (Lipinski definition) is 0. The summed E-state index contributed by atoms with van der Waals surface area (Å²) in [6.07, 6.45) is 7.31. The summed E-state index contributed by atoms with van der Waals surface area (Å²) in [5, 5.41) is 0. The van der Waals surface area contributed by atoms with Crippen LogP contribution < -0.4 is 9.47 Å². The predicted octanol–water partition coefficient (Wildman–Crippen LogP) is 5.05. The van der Waals surface area contributed by atoms with Crippen LogP contribution in [0.15, 0.2) is 48.5 Å². The molecule has 0 saturated carbocycles. The average Bonchev–Trinajstić information content (AvgIpc) is 2.58. The maximum Gasteiger partial charge on any atom is 0.119 e. The van der Waals surface area contributed by atoms with Crippen molar-refractivity contribution in [2.45, 2.75) is 38.5 Å². The number of benzene rings is 2. The van der Waals surface area contributed by atoms with E-state index in [0.29, 0.717) is 0 Å². The number of aryl methyl sites for hydroxylation is 2. The molecule has 2 nitrogen and oxygen atoms in total. The topological polar surface area (TPSA) is 18.5 Å². The molecule has 0 fully saturated rings. The Hall–Kier alpha value is -1.96. The molecular weight excluding hydrogens is 272 g/mol. The Bertz CT molecular complexity index is 512. The van der Waals surface area contributed by atoms with E-state index in [9.17, 15) is 0 Å². The zero-order valence-corrected chi connectivity index (χ0v) is 13.7. The van der Waals surface area contributed by atoms with Gasteiger partial charge in [0.1, 0.15) is 11.5 Å². The zero-order valence-electron chi connectivity index (χ0n) is 13.7. The highest BCUT2D eigenvalue weighted by atomic mass is 16.5. The number of hydrogen-bond acceptors (Lipinski definition) is 2. The summed E-state index contributed by atoms with van der Waals surface area (Å²) in [5.74, 6) is 1.91. The van der Waals surface area contributed by atoms with Crippen LogP contribution in [0.25, 0.3) is 0 Å². The predicted molar refractivity (Wildman–Crippen MR) is 91.9 cm³/mol. The van der Waals surface area contributed by atoms with Crippen molar-refractivity contribution < 1.29 is 9.47 Å². The quantitative estimate of drug-likeness (QED) is 0.603. The minimum absolute atomic E-state index is 0.954. The van der Waals surface area contributed by atoms with E-state index < -0.39 is 0 Å². The van der Waals surface area contributed by atoms with Crippen LogP contribution in [-0.2, 0) is 12.8 Å². The van der Waals surface area contributed by atoms with Crippen LogP contribution in [0.3, 0.4) is 0 Å². The van der Waals surface area contributed by atoms with Gasteiger partial charge < -0.3 is 9.47 Å². The normalized spacial score (nSPS) is 10.5. The Morgan fingerprint density at radius 2 is 1.09 bits per heavy atom. The molecule has 0 aliphatic carbocycles. The van der Waals surface area contributed by atoms with Gasteiger partial charge in [-0.15, -0.1) is 0 Å². The van der Waals surface area contributed by atoms with Crippen LogP contribution in [0.4, 0.5) is 0 Å². The van der Waals surface area contributed by atoms with Gasteiger partial charge in [0.25, 0.3) is 0 Å². The number of ether oxygens (including phenoxy) is 2. The summed E-state index contributed by atoms with van der Waals surface area (Å²) >= 11 is 0. The van der Waals surface area contributed by atoms with Gasteiger partial charge in [0.15, 0.2) is 0 Å². The van der Waals surface area contributed by atoms with E-state index in [4.69, 9.17) is 9.47 Å². The highest BCUT2D eigenvalue weighted by molar-refractivity contribution is 5.29. The largest absolute Gasteiger partial charge is 0.497 e. The molecule has 118 valence electrons. The van der Waals surface area contributed by atoms with E-state index in [1.165, 1.54) is 36.8 Å². The highest BCUT2D eigenvalue weighted by Crippen LogP contribution is 2.17. The molecule has 0 atom stereocenters. The fourth-order valence-electron chi connectivity index (χ4n) is 2.67. The van der Waals surface area contributed by atoms with Crippen molar-refractivity contribution in [1.29, 1.82) is 0 Å². The fourth-order valence-corrected chi connectivity index (χ4v) is 2.67. The Balaban J connectivity index is 1.62. The third-order valence-electron chi connectivity index (χ3n) is 3.95. The Morgan fingerprint density at radius 1 is 0.636 bits per heavy atom. The lowest BCUT2D eigenvalue weighted by Gasteiger charge is -2.06.